The number of hydrogen-bond acceptors (Lipinski definition) is 3. The van der Waals surface area contributed by atoms with Crippen molar-refractivity contribution in [3.05, 3.63) is 142 Å². The van der Waals surface area contributed by atoms with Gasteiger partial charge in [0.05, 0.1) is 23.4 Å². The fraction of sp³-hybridized carbons (Fsp3) is 0.200. The van der Waals surface area contributed by atoms with Gasteiger partial charge in [0, 0.05) is 23.0 Å². The van der Waals surface area contributed by atoms with E-state index in [0.717, 1.165) is 53.8 Å². The smallest absolute Gasteiger partial charge is 0.335 e. The van der Waals surface area contributed by atoms with Gasteiger partial charge in [-0.25, -0.2) is 4.79 Å². The number of benzene rings is 4. The lowest BCUT2D eigenvalue weighted by Crippen LogP contribution is -2.31. The Morgan fingerprint density at radius 2 is 1.64 bits per heavy atom. The number of hydrogen-bond donors (Lipinski definition) is 2. The van der Waals surface area contributed by atoms with Gasteiger partial charge >= 0.3 is 11.9 Å². The summed E-state index contributed by atoms with van der Waals surface area (Å²) in [7, 11) is 0. The molecule has 5 heteroatoms. The summed E-state index contributed by atoms with van der Waals surface area (Å²) in [4.78, 5) is 29.1. The molecule has 5 nitrogen and oxygen atoms in total. The highest BCUT2D eigenvalue weighted by Gasteiger charge is 2.42. The molecule has 0 aromatic heterocycles. The van der Waals surface area contributed by atoms with Crippen LogP contribution < -0.4 is 0 Å². The second-order valence-electron chi connectivity index (χ2n) is 12.5. The van der Waals surface area contributed by atoms with E-state index >= 15 is 0 Å². The van der Waals surface area contributed by atoms with Crippen LogP contribution in [0.25, 0.3) is 22.4 Å². The van der Waals surface area contributed by atoms with E-state index in [1.165, 1.54) is 38.9 Å². The number of para-hydroxylation sites is 1. The van der Waals surface area contributed by atoms with E-state index in [0.29, 0.717) is 5.57 Å². The Kier molecular flexibility index (Phi) is 6.63. The minimum atomic E-state index is -0.932. The second kappa shape index (κ2) is 10.8. The zero-order valence-electron chi connectivity index (χ0n) is 24.7. The number of carboxylic acids is 2. The van der Waals surface area contributed by atoms with Crippen molar-refractivity contribution in [3.8, 4) is 0 Å². The van der Waals surface area contributed by atoms with Crippen molar-refractivity contribution in [1.82, 2.24) is 0 Å². The van der Waals surface area contributed by atoms with Crippen molar-refractivity contribution < 1.29 is 19.8 Å². The first-order valence-corrected chi connectivity index (χ1v) is 15.7. The Bertz CT molecular complexity index is 2020. The predicted molar refractivity (Wildman–Crippen MR) is 178 cm³/mol. The van der Waals surface area contributed by atoms with Gasteiger partial charge in [0.25, 0.3) is 0 Å². The summed E-state index contributed by atoms with van der Waals surface area (Å²) in [6.07, 6.45) is 11.6. The lowest BCUT2D eigenvalue weighted by molar-refractivity contribution is -0.137. The summed E-state index contributed by atoms with van der Waals surface area (Å²) in [6.45, 7) is 0. The van der Waals surface area contributed by atoms with Crippen molar-refractivity contribution >= 4 is 45.8 Å². The molecule has 0 spiro atoms. The molecule has 1 heterocycles. The Morgan fingerprint density at radius 1 is 0.867 bits per heavy atom. The third-order valence-corrected chi connectivity index (χ3v) is 9.96. The lowest BCUT2D eigenvalue weighted by Gasteiger charge is -2.38. The molecular formula is C40H32NO4. The topological polar surface area (TPSA) is 87.0 Å². The minimum absolute atomic E-state index is 0.0116. The van der Waals surface area contributed by atoms with Gasteiger partial charge < -0.3 is 10.2 Å². The normalized spacial score (nSPS) is 21.3. The quantitative estimate of drug-likeness (QED) is 0.236. The minimum Gasteiger partial charge on any atom is -0.481 e. The van der Waals surface area contributed by atoms with Crippen LogP contribution in [-0.2, 0) is 22.4 Å². The molecule has 0 bridgehead atoms. The molecular weight excluding hydrogens is 558 g/mol. The van der Waals surface area contributed by atoms with E-state index < -0.39 is 11.9 Å². The first-order valence-electron chi connectivity index (χ1n) is 15.7. The van der Waals surface area contributed by atoms with Crippen LogP contribution >= 0.6 is 0 Å². The molecule has 221 valence electrons. The van der Waals surface area contributed by atoms with Gasteiger partial charge in [0.1, 0.15) is 0 Å². The molecule has 4 aromatic carbocycles. The number of nitrogens with zero attached hydrogens (tertiary/aromatic N) is 1. The molecule has 0 amide bonds. The zero-order valence-corrected chi connectivity index (χ0v) is 24.7. The van der Waals surface area contributed by atoms with Crippen molar-refractivity contribution in [2.45, 2.75) is 38.0 Å². The summed E-state index contributed by atoms with van der Waals surface area (Å²) in [5, 5.41) is 22.1. The van der Waals surface area contributed by atoms with E-state index in [2.05, 4.69) is 54.6 Å². The monoisotopic (exact) mass is 590 g/mol. The number of aliphatic imine (C=N–C) groups is 1. The van der Waals surface area contributed by atoms with E-state index in [1.54, 1.807) is 6.08 Å². The Morgan fingerprint density at radius 3 is 2.47 bits per heavy atom. The molecule has 3 unspecified atom stereocenters. The third kappa shape index (κ3) is 4.65. The Labute approximate surface area is 262 Å². The van der Waals surface area contributed by atoms with Crippen LogP contribution in [0.1, 0.15) is 58.6 Å². The lowest BCUT2D eigenvalue weighted by atomic mass is 9.65. The molecule has 0 saturated heterocycles. The summed E-state index contributed by atoms with van der Waals surface area (Å²) in [5.41, 5.74) is 10.1. The maximum Gasteiger partial charge on any atom is 0.335 e. The van der Waals surface area contributed by atoms with Gasteiger partial charge in [-0.3, -0.25) is 9.79 Å². The average Bonchev–Trinajstić information content (AvgIpc) is 3.44. The van der Waals surface area contributed by atoms with E-state index in [9.17, 15) is 19.8 Å². The van der Waals surface area contributed by atoms with Crippen molar-refractivity contribution in [2.75, 3.05) is 0 Å². The number of rotatable bonds is 6. The van der Waals surface area contributed by atoms with E-state index in [4.69, 9.17) is 4.99 Å². The number of allylic oxidation sites excluding steroid dienone is 3. The van der Waals surface area contributed by atoms with Crippen molar-refractivity contribution in [2.24, 2.45) is 16.8 Å². The number of aliphatic carboxylic acids is 2. The van der Waals surface area contributed by atoms with Crippen LogP contribution in [0.5, 0.6) is 0 Å². The van der Waals surface area contributed by atoms with Gasteiger partial charge in [0.2, 0.25) is 0 Å². The van der Waals surface area contributed by atoms with Crippen LogP contribution in [0.2, 0.25) is 0 Å². The van der Waals surface area contributed by atoms with Crippen LogP contribution in [0, 0.1) is 17.8 Å². The fourth-order valence-electron chi connectivity index (χ4n) is 8.03. The largest absolute Gasteiger partial charge is 0.481 e. The molecule has 4 aromatic rings. The maximum absolute atomic E-state index is 12.5. The van der Waals surface area contributed by atoms with Gasteiger partial charge in [-0.15, -0.1) is 0 Å². The second-order valence-corrected chi connectivity index (χ2v) is 12.5. The highest BCUT2D eigenvalue weighted by atomic mass is 16.4. The highest BCUT2D eigenvalue weighted by molar-refractivity contribution is 6.33. The van der Waals surface area contributed by atoms with E-state index in [1.807, 2.05) is 42.5 Å². The van der Waals surface area contributed by atoms with Gasteiger partial charge in [-0.2, -0.15) is 0 Å². The summed E-state index contributed by atoms with van der Waals surface area (Å²) >= 11 is 0. The maximum atomic E-state index is 12.5. The summed E-state index contributed by atoms with van der Waals surface area (Å²) < 4.78 is 0. The zero-order chi connectivity index (χ0) is 30.7. The molecule has 4 aliphatic rings. The van der Waals surface area contributed by atoms with Crippen molar-refractivity contribution in [1.29, 1.82) is 0 Å². The standard InChI is InChI=1S/C40H32NO4/c42-37(43)20-23-13-14-24-15-16-28-27-10-6-11-32(29(27)17-18-30(28)33(24)19-23)38(25-7-2-1-3-8-25)35-22-26(40(44)45)21-34-31-9-4-5-12-36(31)41-39(34)35/h1-5,7-9,12-18,21-23,32,35H,6,10-11,19-20H2,(H,42,43)(H,44,45). The molecule has 2 N–H and O–H groups in total. The summed E-state index contributed by atoms with van der Waals surface area (Å²) in [6, 6.07) is 27.3. The van der Waals surface area contributed by atoms with Crippen LogP contribution in [0.15, 0.2) is 108 Å². The van der Waals surface area contributed by atoms with Crippen LogP contribution in [0.3, 0.4) is 0 Å². The van der Waals surface area contributed by atoms with Crippen molar-refractivity contribution in [3.63, 3.8) is 0 Å². The third-order valence-electron chi connectivity index (χ3n) is 9.96. The molecule has 3 aliphatic carbocycles. The number of fused-ring (bicyclic) bond motifs is 8. The number of carboxylic acid groups (broad SMARTS) is 2. The predicted octanol–water partition coefficient (Wildman–Crippen LogP) is 8.35. The molecule has 0 saturated carbocycles. The van der Waals surface area contributed by atoms with Gasteiger partial charge in [0.15, 0.2) is 0 Å². The molecule has 1 aliphatic heterocycles. The highest BCUT2D eigenvalue weighted by Crippen LogP contribution is 2.51. The molecule has 8 rings (SSSR count). The van der Waals surface area contributed by atoms with Crippen LogP contribution in [0.4, 0.5) is 5.69 Å². The Hall–Kier alpha value is -5.03. The molecule has 0 fully saturated rings. The number of aryl methyl sites for hydroxylation is 1. The fourth-order valence-corrected chi connectivity index (χ4v) is 8.03. The first-order chi connectivity index (χ1) is 22.0. The molecule has 45 heavy (non-hydrogen) atoms. The van der Waals surface area contributed by atoms with Gasteiger partial charge in [-0.1, -0.05) is 91.0 Å². The molecule has 3 atom stereocenters. The Balaban J connectivity index is 1.27. The van der Waals surface area contributed by atoms with Gasteiger partial charge in [-0.05, 0) is 88.3 Å². The summed E-state index contributed by atoms with van der Waals surface area (Å²) in [5.74, 6) is -0.732. The SMILES string of the molecule is O=C(O)CC1C=Cc2ccc3c4c(ccc3c2C1)C([C](c1ccccc1)C1C=C(C(=O)O)C=C2C1=Nc1ccccc12)CCC4. The van der Waals surface area contributed by atoms with Crippen LogP contribution in [-0.4, -0.2) is 27.9 Å². The molecule has 1 radical (unpaired) electrons. The first kappa shape index (κ1) is 27.5. The number of carbonyl (C=O) groups is 2. The van der Waals surface area contributed by atoms with E-state index in [-0.39, 0.29) is 24.2 Å². The average molecular weight is 591 g/mol.